The zero-order valence-electron chi connectivity index (χ0n) is 16.4. The summed E-state index contributed by atoms with van der Waals surface area (Å²) in [6, 6.07) is 21.1. The van der Waals surface area contributed by atoms with Gasteiger partial charge in [-0.3, -0.25) is 14.6 Å². The van der Waals surface area contributed by atoms with E-state index in [0.717, 1.165) is 10.8 Å². The lowest BCUT2D eigenvalue weighted by Gasteiger charge is -2.23. The van der Waals surface area contributed by atoms with E-state index in [0.29, 0.717) is 17.0 Å². The summed E-state index contributed by atoms with van der Waals surface area (Å²) < 4.78 is 5.39. The number of aliphatic hydroxyl groups is 1. The van der Waals surface area contributed by atoms with Crippen molar-refractivity contribution in [1.82, 2.24) is 9.88 Å². The van der Waals surface area contributed by atoms with Gasteiger partial charge in [0.25, 0.3) is 11.7 Å². The molecule has 3 heterocycles. The predicted octanol–water partition coefficient (Wildman–Crippen LogP) is 4.45. The molecule has 0 radical (unpaired) electrons. The van der Waals surface area contributed by atoms with Crippen LogP contribution in [0.1, 0.15) is 23.1 Å². The van der Waals surface area contributed by atoms with Crippen molar-refractivity contribution in [3.05, 3.63) is 108 Å². The zero-order valence-corrected chi connectivity index (χ0v) is 16.4. The summed E-state index contributed by atoms with van der Waals surface area (Å²) in [5.41, 5.74) is 0.983. The van der Waals surface area contributed by atoms with E-state index in [-0.39, 0.29) is 17.9 Å². The topological polar surface area (TPSA) is 83.6 Å². The van der Waals surface area contributed by atoms with Gasteiger partial charge in [0.2, 0.25) is 0 Å². The third-order valence-electron chi connectivity index (χ3n) is 5.44. The molecule has 0 spiro atoms. The molecule has 6 nitrogen and oxygen atoms in total. The molecule has 2 aromatic carbocycles. The van der Waals surface area contributed by atoms with Gasteiger partial charge in [-0.1, -0.05) is 42.5 Å². The van der Waals surface area contributed by atoms with Crippen LogP contribution in [-0.2, 0) is 16.1 Å². The van der Waals surface area contributed by atoms with Crippen LogP contribution in [-0.4, -0.2) is 26.7 Å². The van der Waals surface area contributed by atoms with Crippen LogP contribution in [0.3, 0.4) is 0 Å². The normalized spacial score (nSPS) is 18.1. The molecule has 31 heavy (non-hydrogen) atoms. The van der Waals surface area contributed by atoms with Gasteiger partial charge in [0.15, 0.2) is 0 Å². The summed E-state index contributed by atoms with van der Waals surface area (Å²) in [5.74, 6) is -1.13. The van der Waals surface area contributed by atoms with E-state index in [4.69, 9.17) is 4.42 Å². The average Bonchev–Trinajstić information content (AvgIpc) is 3.41. The molecule has 1 saturated heterocycles. The molecule has 0 aliphatic carbocycles. The van der Waals surface area contributed by atoms with Crippen molar-refractivity contribution >= 4 is 28.2 Å². The van der Waals surface area contributed by atoms with Crippen LogP contribution in [0.4, 0.5) is 0 Å². The molecule has 1 amide bonds. The highest BCUT2D eigenvalue weighted by Gasteiger charge is 2.47. The first-order valence-corrected chi connectivity index (χ1v) is 9.84. The Morgan fingerprint density at radius 3 is 2.52 bits per heavy atom. The second-order valence-corrected chi connectivity index (χ2v) is 7.32. The fraction of sp³-hybridized carbons (Fsp3) is 0.0800. The van der Waals surface area contributed by atoms with Crippen molar-refractivity contribution in [2.45, 2.75) is 12.6 Å². The van der Waals surface area contributed by atoms with Crippen LogP contribution in [0.25, 0.3) is 16.5 Å². The molecule has 1 N–H and O–H groups in total. The van der Waals surface area contributed by atoms with E-state index < -0.39 is 17.7 Å². The van der Waals surface area contributed by atoms with Crippen LogP contribution in [0.5, 0.6) is 0 Å². The smallest absolute Gasteiger partial charge is 0.296 e. The Kier molecular flexibility index (Phi) is 4.59. The van der Waals surface area contributed by atoms with Crippen LogP contribution >= 0.6 is 0 Å². The number of benzene rings is 2. The lowest BCUT2D eigenvalue weighted by atomic mass is 9.97. The number of Topliss-reactive ketones (excluding diaryl/α,β-unsaturated/α-hetero) is 1. The molecule has 0 saturated carbocycles. The second kappa shape index (κ2) is 7.57. The molecular formula is C25H18N2O4. The number of hydrogen-bond donors (Lipinski definition) is 1. The van der Waals surface area contributed by atoms with Gasteiger partial charge in [-0.05, 0) is 41.1 Å². The first-order valence-electron chi connectivity index (χ1n) is 9.84. The third-order valence-corrected chi connectivity index (χ3v) is 5.44. The monoisotopic (exact) mass is 410 g/mol. The SMILES string of the molecule is O=C1C(=O)N(Cc2ccco2)C(c2ccccn2)/C1=C(/O)c1ccc2ccccc2c1. The molecule has 1 aliphatic rings. The second-order valence-electron chi connectivity index (χ2n) is 7.32. The Morgan fingerprint density at radius 2 is 1.77 bits per heavy atom. The lowest BCUT2D eigenvalue weighted by molar-refractivity contribution is -0.140. The molecule has 1 atom stereocenters. The first kappa shape index (κ1) is 18.8. The summed E-state index contributed by atoms with van der Waals surface area (Å²) in [7, 11) is 0. The van der Waals surface area contributed by atoms with Crippen molar-refractivity contribution in [2.24, 2.45) is 0 Å². The molecule has 0 bridgehead atoms. The van der Waals surface area contributed by atoms with Crippen LogP contribution in [0.2, 0.25) is 0 Å². The Labute approximate surface area is 178 Å². The van der Waals surface area contributed by atoms with Gasteiger partial charge in [-0.15, -0.1) is 0 Å². The van der Waals surface area contributed by atoms with E-state index in [1.54, 1.807) is 48.7 Å². The molecule has 5 rings (SSSR count). The number of pyridine rings is 1. The Morgan fingerprint density at radius 1 is 0.968 bits per heavy atom. The summed E-state index contributed by atoms with van der Waals surface area (Å²) in [5, 5.41) is 13.1. The van der Waals surface area contributed by atoms with E-state index in [1.807, 2.05) is 30.3 Å². The summed E-state index contributed by atoms with van der Waals surface area (Å²) in [6.45, 7) is 0.0906. The van der Waals surface area contributed by atoms with Gasteiger partial charge in [-0.2, -0.15) is 0 Å². The minimum atomic E-state index is -0.822. The quantitative estimate of drug-likeness (QED) is 0.305. The molecule has 2 aromatic heterocycles. The van der Waals surface area contributed by atoms with Crippen molar-refractivity contribution in [3.63, 3.8) is 0 Å². The van der Waals surface area contributed by atoms with E-state index in [9.17, 15) is 14.7 Å². The highest BCUT2D eigenvalue weighted by Crippen LogP contribution is 2.39. The molecule has 1 unspecified atom stereocenters. The van der Waals surface area contributed by atoms with E-state index >= 15 is 0 Å². The molecular weight excluding hydrogens is 392 g/mol. The number of hydrogen-bond acceptors (Lipinski definition) is 5. The molecule has 1 fully saturated rings. The summed E-state index contributed by atoms with van der Waals surface area (Å²) in [4.78, 5) is 31.7. The minimum absolute atomic E-state index is 0.0190. The highest BCUT2D eigenvalue weighted by atomic mass is 16.3. The maximum absolute atomic E-state index is 13.0. The molecule has 152 valence electrons. The number of aliphatic hydroxyl groups excluding tert-OH is 1. The number of rotatable bonds is 4. The van der Waals surface area contributed by atoms with Crippen LogP contribution in [0.15, 0.2) is 95.2 Å². The van der Waals surface area contributed by atoms with Crippen molar-refractivity contribution in [3.8, 4) is 0 Å². The van der Waals surface area contributed by atoms with Crippen molar-refractivity contribution < 1.29 is 19.1 Å². The van der Waals surface area contributed by atoms with Crippen molar-refractivity contribution in [1.29, 1.82) is 0 Å². The number of fused-ring (bicyclic) bond motifs is 1. The van der Waals surface area contributed by atoms with Gasteiger partial charge in [0, 0.05) is 11.8 Å². The third kappa shape index (κ3) is 3.28. The number of carbonyl (C=O) groups is 2. The highest BCUT2D eigenvalue weighted by molar-refractivity contribution is 6.46. The Hall–Kier alpha value is -4.19. The van der Waals surface area contributed by atoms with E-state index in [2.05, 4.69) is 4.98 Å². The van der Waals surface area contributed by atoms with Gasteiger partial charge < -0.3 is 14.4 Å². The minimum Gasteiger partial charge on any atom is -0.507 e. The fourth-order valence-corrected chi connectivity index (χ4v) is 3.95. The van der Waals surface area contributed by atoms with Crippen LogP contribution < -0.4 is 0 Å². The van der Waals surface area contributed by atoms with Gasteiger partial charge in [0.1, 0.15) is 17.6 Å². The van der Waals surface area contributed by atoms with Crippen LogP contribution in [0, 0.1) is 0 Å². The number of nitrogens with zero attached hydrogens (tertiary/aromatic N) is 2. The van der Waals surface area contributed by atoms with Crippen molar-refractivity contribution in [2.75, 3.05) is 0 Å². The number of likely N-dealkylation sites (tertiary alicyclic amines) is 1. The number of aromatic nitrogens is 1. The molecule has 6 heteroatoms. The van der Waals surface area contributed by atoms with E-state index in [1.165, 1.54) is 11.2 Å². The predicted molar refractivity (Wildman–Crippen MR) is 115 cm³/mol. The summed E-state index contributed by atoms with van der Waals surface area (Å²) in [6.07, 6.45) is 3.11. The first-order chi connectivity index (χ1) is 15.1. The van der Waals surface area contributed by atoms with Gasteiger partial charge >= 0.3 is 0 Å². The largest absolute Gasteiger partial charge is 0.507 e. The average molecular weight is 410 g/mol. The molecule has 1 aliphatic heterocycles. The summed E-state index contributed by atoms with van der Waals surface area (Å²) >= 11 is 0. The maximum atomic E-state index is 13.0. The zero-order chi connectivity index (χ0) is 21.4. The van der Waals surface area contributed by atoms with Gasteiger partial charge in [0.05, 0.1) is 24.1 Å². The Balaban J connectivity index is 1.66. The fourth-order valence-electron chi connectivity index (χ4n) is 3.95. The standard InChI is InChI=1S/C25H18N2O4/c28-23(18-11-10-16-6-1-2-7-17(16)14-18)21-22(20-9-3-4-12-26-20)27(25(30)24(21)29)15-19-8-5-13-31-19/h1-14,22,28H,15H2/b23-21-. The number of ketones is 1. The number of carbonyl (C=O) groups excluding carboxylic acids is 2. The number of furan rings is 1. The maximum Gasteiger partial charge on any atom is 0.296 e. The van der Waals surface area contributed by atoms with Gasteiger partial charge in [-0.25, -0.2) is 0 Å². The molecule has 4 aromatic rings. The lowest BCUT2D eigenvalue weighted by Crippen LogP contribution is -2.29. The Bertz CT molecular complexity index is 1310. The number of amides is 1.